The van der Waals surface area contributed by atoms with Crippen molar-refractivity contribution in [3.63, 3.8) is 0 Å². The number of fused-ring (bicyclic) bond motifs is 1. The number of carbonyl (C=O) groups is 1. The number of rotatable bonds is 5. The Morgan fingerprint density at radius 2 is 1.84 bits per heavy atom. The zero-order chi connectivity index (χ0) is 21.1. The minimum atomic E-state index is -0.0460. The summed E-state index contributed by atoms with van der Waals surface area (Å²) in [6.07, 6.45) is 11.9. The molecule has 7 rings (SSSR count). The molecule has 3 aliphatic carbocycles. The van der Waals surface area contributed by atoms with Crippen LogP contribution in [0.25, 0.3) is 22.3 Å². The average molecular weight is 417 g/mol. The number of benzene rings is 1. The first kappa shape index (κ1) is 18.9. The number of carbonyl (C=O) groups excluding carboxylic acids is 1. The lowest BCUT2D eigenvalue weighted by Gasteiger charge is -2.70. The Balaban J connectivity index is 1.10. The maximum absolute atomic E-state index is 13.1. The highest BCUT2D eigenvalue weighted by Crippen LogP contribution is 2.75. The number of aromatic nitrogens is 4. The van der Waals surface area contributed by atoms with Crippen molar-refractivity contribution in [3.05, 3.63) is 42.9 Å². The van der Waals surface area contributed by atoms with Crippen LogP contribution >= 0.6 is 0 Å². The Bertz CT molecular complexity index is 1130. The minimum Gasteiger partial charge on any atom is -0.342 e. The van der Waals surface area contributed by atoms with Gasteiger partial charge in [-0.1, -0.05) is 12.1 Å². The number of amides is 1. The molecule has 1 aliphatic heterocycles. The molecular weight excluding hydrogens is 388 g/mol. The number of nitrogens with zero attached hydrogens (tertiary/aromatic N) is 5. The third kappa shape index (κ3) is 2.97. The Hall–Kier alpha value is -2.80. The molecule has 1 aromatic carbocycles. The molecule has 0 spiro atoms. The molecule has 0 unspecified atom stereocenters. The predicted octanol–water partition coefficient (Wildman–Crippen LogP) is 3.18. The Morgan fingerprint density at radius 1 is 1.10 bits per heavy atom. The van der Waals surface area contributed by atoms with Crippen LogP contribution in [0.3, 0.4) is 0 Å². The van der Waals surface area contributed by atoms with E-state index >= 15 is 0 Å². The Kier molecular flexibility index (Phi) is 4.18. The maximum atomic E-state index is 13.1. The molecule has 2 N–H and O–H groups in total. The van der Waals surface area contributed by atoms with E-state index in [4.69, 9.17) is 10.7 Å². The largest absolute Gasteiger partial charge is 0.342 e. The first-order valence-electron chi connectivity index (χ1n) is 11.4. The summed E-state index contributed by atoms with van der Waals surface area (Å²) in [6, 6.07) is 8.22. The van der Waals surface area contributed by atoms with E-state index in [1.165, 1.54) is 0 Å². The van der Waals surface area contributed by atoms with Crippen LogP contribution < -0.4 is 5.73 Å². The van der Waals surface area contributed by atoms with E-state index in [-0.39, 0.29) is 5.41 Å². The number of hydrogen-bond donors (Lipinski definition) is 1. The quantitative estimate of drug-likeness (QED) is 0.690. The van der Waals surface area contributed by atoms with Gasteiger partial charge < -0.3 is 10.6 Å². The SMILES string of the molecule is NCCC12CC(C(=O)N3CCC(n4cc(-c5cnc6ccccc6n5)cn4)CC3)(C1)C2. The summed E-state index contributed by atoms with van der Waals surface area (Å²) in [6.45, 7) is 2.38. The summed E-state index contributed by atoms with van der Waals surface area (Å²) < 4.78 is 2.05. The molecule has 3 aromatic rings. The highest BCUT2D eigenvalue weighted by molar-refractivity contribution is 5.86. The second-order valence-electron chi connectivity index (χ2n) is 9.83. The molecule has 4 aliphatic rings. The second-order valence-corrected chi connectivity index (χ2v) is 9.83. The predicted molar refractivity (Wildman–Crippen MR) is 118 cm³/mol. The monoisotopic (exact) mass is 416 g/mol. The van der Waals surface area contributed by atoms with Gasteiger partial charge in [0.05, 0.1) is 40.6 Å². The van der Waals surface area contributed by atoms with Crippen LogP contribution in [0.5, 0.6) is 0 Å². The van der Waals surface area contributed by atoms with Gasteiger partial charge in [-0.2, -0.15) is 5.10 Å². The van der Waals surface area contributed by atoms with Crippen molar-refractivity contribution in [2.24, 2.45) is 16.6 Å². The van der Waals surface area contributed by atoms with Crippen LogP contribution in [0.15, 0.2) is 42.9 Å². The molecule has 7 nitrogen and oxygen atoms in total. The van der Waals surface area contributed by atoms with E-state index in [1.54, 1.807) is 0 Å². The van der Waals surface area contributed by atoms with Gasteiger partial charge in [-0.05, 0) is 62.6 Å². The maximum Gasteiger partial charge on any atom is 0.228 e. The highest BCUT2D eigenvalue weighted by atomic mass is 16.2. The summed E-state index contributed by atoms with van der Waals surface area (Å²) in [7, 11) is 0. The molecule has 0 atom stereocenters. The van der Waals surface area contributed by atoms with Crippen LogP contribution in [-0.2, 0) is 4.79 Å². The summed E-state index contributed by atoms with van der Waals surface area (Å²) in [5.41, 5.74) is 9.70. The number of para-hydroxylation sites is 2. The number of likely N-dealkylation sites (tertiary alicyclic amines) is 1. The zero-order valence-electron chi connectivity index (χ0n) is 17.7. The van der Waals surface area contributed by atoms with Gasteiger partial charge in [0.1, 0.15) is 0 Å². The van der Waals surface area contributed by atoms with E-state index in [1.807, 2.05) is 41.3 Å². The Morgan fingerprint density at radius 3 is 2.58 bits per heavy atom. The first-order valence-corrected chi connectivity index (χ1v) is 11.4. The number of piperidine rings is 1. The van der Waals surface area contributed by atoms with Crippen LogP contribution in [0.4, 0.5) is 0 Å². The molecule has 3 heterocycles. The molecule has 31 heavy (non-hydrogen) atoms. The molecule has 3 saturated carbocycles. The van der Waals surface area contributed by atoms with Crippen molar-refractivity contribution < 1.29 is 4.79 Å². The highest BCUT2D eigenvalue weighted by Gasteiger charge is 2.71. The lowest BCUT2D eigenvalue weighted by molar-refractivity contribution is -0.218. The molecule has 160 valence electrons. The zero-order valence-corrected chi connectivity index (χ0v) is 17.7. The van der Waals surface area contributed by atoms with Gasteiger partial charge >= 0.3 is 0 Å². The van der Waals surface area contributed by atoms with Crippen LogP contribution in [0.1, 0.15) is 44.6 Å². The van der Waals surface area contributed by atoms with Crippen molar-refractivity contribution in [2.45, 2.75) is 44.6 Å². The van der Waals surface area contributed by atoms with Crippen molar-refractivity contribution in [1.29, 1.82) is 0 Å². The van der Waals surface area contributed by atoms with E-state index in [0.717, 1.165) is 80.4 Å². The fourth-order valence-corrected chi connectivity index (χ4v) is 6.23. The van der Waals surface area contributed by atoms with Gasteiger partial charge in [0.15, 0.2) is 0 Å². The van der Waals surface area contributed by atoms with E-state index < -0.39 is 0 Å². The summed E-state index contributed by atoms with van der Waals surface area (Å²) in [5, 5.41) is 4.61. The van der Waals surface area contributed by atoms with Gasteiger partial charge in [0.2, 0.25) is 5.91 Å². The van der Waals surface area contributed by atoms with Crippen molar-refractivity contribution in [3.8, 4) is 11.3 Å². The van der Waals surface area contributed by atoms with Gasteiger partial charge in [0, 0.05) is 24.8 Å². The fourth-order valence-electron chi connectivity index (χ4n) is 6.23. The lowest BCUT2D eigenvalue weighted by Crippen LogP contribution is -2.68. The molecular formula is C24H28N6O. The topological polar surface area (TPSA) is 89.9 Å². The molecule has 7 heteroatoms. The van der Waals surface area contributed by atoms with E-state index in [9.17, 15) is 4.79 Å². The van der Waals surface area contributed by atoms with Crippen molar-refractivity contribution >= 4 is 16.9 Å². The molecule has 2 bridgehead atoms. The van der Waals surface area contributed by atoms with E-state index in [2.05, 4.69) is 21.2 Å². The summed E-state index contributed by atoms with van der Waals surface area (Å²) >= 11 is 0. The van der Waals surface area contributed by atoms with Gasteiger partial charge in [0.25, 0.3) is 0 Å². The fraction of sp³-hybridized carbons (Fsp3) is 0.500. The number of hydrogen-bond acceptors (Lipinski definition) is 5. The number of nitrogens with two attached hydrogens (primary N) is 1. The van der Waals surface area contributed by atoms with Crippen LogP contribution in [-0.4, -0.2) is 50.2 Å². The lowest BCUT2D eigenvalue weighted by atomic mass is 9.34. The van der Waals surface area contributed by atoms with Gasteiger partial charge in [-0.25, -0.2) is 4.98 Å². The minimum absolute atomic E-state index is 0.0460. The summed E-state index contributed by atoms with van der Waals surface area (Å²) in [5.74, 6) is 0.387. The van der Waals surface area contributed by atoms with Crippen molar-refractivity contribution in [1.82, 2.24) is 24.6 Å². The average Bonchev–Trinajstić information content (AvgIpc) is 3.25. The van der Waals surface area contributed by atoms with Crippen LogP contribution in [0, 0.1) is 10.8 Å². The Labute approximate surface area is 181 Å². The van der Waals surface area contributed by atoms with Crippen LogP contribution in [0.2, 0.25) is 0 Å². The van der Waals surface area contributed by atoms with Crippen molar-refractivity contribution in [2.75, 3.05) is 19.6 Å². The molecule has 4 fully saturated rings. The van der Waals surface area contributed by atoms with E-state index in [0.29, 0.717) is 17.4 Å². The third-order valence-corrected chi connectivity index (χ3v) is 7.74. The molecule has 2 aromatic heterocycles. The molecule has 0 radical (unpaired) electrons. The normalized spacial score (nSPS) is 27.7. The standard InChI is InChI=1S/C24H28N6O/c25-8-7-23-14-24(15-23,16-23)22(31)29-9-5-18(6-10-29)30-13-17(11-27-30)21-12-26-19-3-1-2-4-20(19)28-21/h1-4,11-13,18H,5-10,14-16,25H2. The van der Waals surface area contributed by atoms with Gasteiger partial charge in [-0.15, -0.1) is 0 Å². The van der Waals surface area contributed by atoms with Gasteiger partial charge in [-0.3, -0.25) is 14.5 Å². The smallest absolute Gasteiger partial charge is 0.228 e. The molecule has 1 amide bonds. The summed E-state index contributed by atoms with van der Waals surface area (Å²) in [4.78, 5) is 24.4. The first-order chi connectivity index (χ1) is 15.1. The third-order valence-electron chi connectivity index (χ3n) is 7.74. The molecule has 1 saturated heterocycles. The second kappa shape index (κ2) is 6.85.